The molecule has 7 heteroatoms. The monoisotopic (exact) mass is 275 g/mol. The van der Waals surface area contributed by atoms with Crippen molar-refractivity contribution >= 4 is 11.6 Å². The SMILES string of the molecule is O=C(Nc1ccccc1OC(F)(F)F)C1CCCO1. The number of rotatable bonds is 3. The largest absolute Gasteiger partial charge is 0.573 e. The lowest BCUT2D eigenvalue weighted by Gasteiger charge is -2.15. The molecule has 0 aromatic heterocycles. The predicted molar refractivity (Wildman–Crippen MR) is 60.7 cm³/mol. The summed E-state index contributed by atoms with van der Waals surface area (Å²) in [5.74, 6) is -0.905. The zero-order chi connectivity index (χ0) is 13.9. The smallest absolute Gasteiger partial charge is 0.404 e. The summed E-state index contributed by atoms with van der Waals surface area (Å²) in [7, 11) is 0. The number of amides is 1. The average Bonchev–Trinajstić information content (AvgIpc) is 2.83. The van der Waals surface area contributed by atoms with Crippen molar-refractivity contribution in [1.82, 2.24) is 0 Å². The highest BCUT2D eigenvalue weighted by atomic mass is 19.4. The molecule has 1 aromatic rings. The Labute approximate surface area is 107 Å². The van der Waals surface area contributed by atoms with Crippen LogP contribution in [0.3, 0.4) is 0 Å². The zero-order valence-electron chi connectivity index (χ0n) is 9.87. The van der Waals surface area contributed by atoms with Gasteiger partial charge in [0.05, 0.1) is 5.69 Å². The number of ether oxygens (including phenoxy) is 2. The maximum absolute atomic E-state index is 12.2. The normalized spacial score (nSPS) is 19.2. The number of anilines is 1. The Morgan fingerprint density at radius 1 is 1.37 bits per heavy atom. The predicted octanol–water partition coefficient (Wildman–Crippen LogP) is 2.70. The van der Waals surface area contributed by atoms with Gasteiger partial charge in [-0.2, -0.15) is 0 Å². The minimum absolute atomic E-state index is 0.0275. The van der Waals surface area contributed by atoms with Crippen LogP contribution in [0.4, 0.5) is 18.9 Å². The molecule has 1 aliphatic rings. The second-order valence-electron chi connectivity index (χ2n) is 4.03. The number of carbonyl (C=O) groups excluding carboxylic acids is 1. The number of alkyl halides is 3. The molecule has 0 bridgehead atoms. The molecule has 0 radical (unpaired) electrons. The number of halogens is 3. The van der Waals surface area contributed by atoms with Gasteiger partial charge in [0.2, 0.25) is 0 Å². The van der Waals surface area contributed by atoms with Crippen molar-refractivity contribution in [2.24, 2.45) is 0 Å². The maximum Gasteiger partial charge on any atom is 0.573 e. The van der Waals surface area contributed by atoms with Gasteiger partial charge in [-0.1, -0.05) is 12.1 Å². The van der Waals surface area contributed by atoms with Crippen LogP contribution >= 0.6 is 0 Å². The van der Waals surface area contributed by atoms with Gasteiger partial charge in [0, 0.05) is 6.61 Å². The van der Waals surface area contributed by atoms with E-state index in [1.165, 1.54) is 18.2 Å². The summed E-state index contributed by atoms with van der Waals surface area (Å²) in [5.41, 5.74) is -0.0275. The average molecular weight is 275 g/mol. The second-order valence-corrected chi connectivity index (χ2v) is 4.03. The van der Waals surface area contributed by atoms with E-state index >= 15 is 0 Å². The van der Waals surface area contributed by atoms with Gasteiger partial charge in [-0.3, -0.25) is 4.79 Å². The van der Waals surface area contributed by atoms with Crippen molar-refractivity contribution in [2.45, 2.75) is 25.3 Å². The first-order valence-corrected chi connectivity index (χ1v) is 5.73. The number of nitrogens with one attached hydrogen (secondary N) is 1. The highest BCUT2D eigenvalue weighted by Crippen LogP contribution is 2.30. The van der Waals surface area contributed by atoms with Crippen LogP contribution in [0.15, 0.2) is 24.3 Å². The van der Waals surface area contributed by atoms with Crippen LogP contribution in [0.1, 0.15) is 12.8 Å². The van der Waals surface area contributed by atoms with Crippen molar-refractivity contribution in [3.63, 3.8) is 0 Å². The molecule has 0 aliphatic carbocycles. The summed E-state index contributed by atoms with van der Waals surface area (Å²) in [6, 6.07) is 5.38. The molecule has 0 saturated carbocycles. The Hall–Kier alpha value is -1.76. The molecule has 1 unspecified atom stereocenters. The molecular weight excluding hydrogens is 263 g/mol. The van der Waals surface area contributed by atoms with E-state index in [-0.39, 0.29) is 5.69 Å². The maximum atomic E-state index is 12.2. The molecule has 1 N–H and O–H groups in total. The Bertz CT molecular complexity index is 456. The van der Waals surface area contributed by atoms with Crippen LogP contribution < -0.4 is 10.1 Å². The molecule has 1 heterocycles. The molecule has 1 aliphatic heterocycles. The number of hydrogen-bond donors (Lipinski definition) is 1. The molecule has 0 spiro atoms. The molecule has 104 valence electrons. The van der Waals surface area contributed by atoms with Gasteiger partial charge in [0.1, 0.15) is 6.10 Å². The van der Waals surface area contributed by atoms with Crippen molar-refractivity contribution < 1.29 is 27.4 Å². The van der Waals surface area contributed by atoms with Crippen LogP contribution in [-0.4, -0.2) is 25.0 Å². The molecule has 1 fully saturated rings. The summed E-state index contributed by atoms with van der Waals surface area (Å²) < 4.78 is 45.6. The number of benzene rings is 1. The van der Waals surface area contributed by atoms with Crippen LogP contribution in [-0.2, 0) is 9.53 Å². The van der Waals surface area contributed by atoms with Crippen LogP contribution in [0, 0.1) is 0 Å². The summed E-state index contributed by atoms with van der Waals surface area (Å²) in [6.45, 7) is 0.485. The Kier molecular flexibility index (Phi) is 3.94. The summed E-state index contributed by atoms with van der Waals surface area (Å²) >= 11 is 0. The van der Waals surface area contributed by atoms with E-state index in [1.54, 1.807) is 0 Å². The van der Waals surface area contributed by atoms with Crippen molar-refractivity contribution in [2.75, 3.05) is 11.9 Å². The van der Waals surface area contributed by atoms with Crippen molar-refractivity contribution in [1.29, 1.82) is 0 Å². The fraction of sp³-hybridized carbons (Fsp3) is 0.417. The molecule has 1 saturated heterocycles. The van der Waals surface area contributed by atoms with Gasteiger partial charge in [-0.15, -0.1) is 13.2 Å². The Balaban J connectivity index is 2.09. The Morgan fingerprint density at radius 2 is 2.11 bits per heavy atom. The Morgan fingerprint density at radius 3 is 2.74 bits per heavy atom. The second kappa shape index (κ2) is 5.48. The lowest BCUT2D eigenvalue weighted by atomic mass is 10.2. The zero-order valence-corrected chi connectivity index (χ0v) is 9.87. The van der Waals surface area contributed by atoms with Gasteiger partial charge in [0.25, 0.3) is 5.91 Å². The number of para-hydroxylation sites is 2. The summed E-state index contributed by atoms with van der Waals surface area (Å²) in [4.78, 5) is 11.8. The number of carbonyl (C=O) groups is 1. The third-order valence-corrected chi connectivity index (χ3v) is 2.59. The van der Waals surface area contributed by atoms with Gasteiger partial charge >= 0.3 is 6.36 Å². The molecular formula is C12H12F3NO3. The van der Waals surface area contributed by atoms with Crippen LogP contribution in [0.25, 0.3) is 0 Å². The molecule has 1 amide bonds. The van der Waals surface area contributed by atoms with Crippen molar-refractivity contribution in [3.05, 3.63) is 24.3 Å². The van der Waals surface area contributed by atoms with E-state index in [1.807, 2.05) is 0 Å². The van der Waals surface area contributed by atoms with E-state index in [9.17, 15) is 18.0 Å². The molecule has 19 heavy (non-hydrogen) atoms. The highest BCUT2D eigenvalue weighted by molar-refractivity contribution is 5.95. The first kappa shape index (κ1) is 13.7. The van der Waals surface area contributed by atoms with E-state index in [2.05, 4.69) is 10.1 Å². The lowest BCUT2D eigenvalue weighted by molar-refractivity contribution is -0.274. The van der Waals surface area contributed by atoms with E-state index < -0.39 is 24.1 Å². The minimum atomic E-state index is -4.80. The molecule has 1 aromatic carbocycles. The first-order valence-electron chi connectivity index (χ1n) is 5.73. The quantitative estimate of drug-likeness (QED) is 0.922. The first-order chi connectivity index (χ1) is 8.96. The molecule has 1 atom stereocenters. The van der Waals surface area contributed by atoms with E-state index in [0.29, 0.717) is 13.0 Å². The molecule has 2 rings (SSSR count). The highest BCUT2D eigenvalue weighted by Gasteiger charge is 2.32. The lowest BCUT2D eigenvalue weighted by Crippen LogP contribution is -2.27. The standard InChI is InChI=1S/C12H12F3NO3/c13-12(14,15)19-9-5-2-1-4-8(9)16-11(17)10-6-3-7-18-10/h1-2,4-5,10H,3,6-7H2,(H,16,17). The van der Waals surface area contributed by atoms with E-state index in [0.717, 1.165) is 12.5 Å². The van der Waals surface area contributed by atoms with E-state index in [4.69, 9.17) is 4.74 Å². The van der Waals surface area contributed by atoms with Gasteiger partial charge in [-0.05, 0) is 25.0 Å². The fourth-order valence-corrected chi connectivity index (χ4v) is 1.78. The van der Waals surface area contributed by atoms with Gasteiger partial charge < -0.3 is 14.8 Å². The topological polar surface area (TPSA) is 47.6 Å². The third-order valence-electron chi connectivity index (χ3n) is 2.59. The minimum Gasteiger partial charge on any atom is -0.404 e. The van der Waals surface area contributed by atoms with Gasteiger partial charge in [0.15, 0.2) is 5.75 Å². The number of hydrogen-bond acceptors (Lipinski definition) is 3. The fourth-order valence-electron chi connectivity index (χ4n) is 1.78. The summed E-state index contributed by atoms with van der Waals surface area (Å²) in [6.07, 6.45) is -4.09. The van der Waals surface area contributed by atoms with Crippen LogP contribution in [0.2, 0.25) is 0 Å². The molecule has 4 nitrogen and oxygen atoms in total. The van der Waals surface area contributed by atoms with Crippen molar-refractivity contribution in [3.8, 4) is 5.75 Å². The third kappa shape index (κ3) is 3.85. The van der Waals surface area contributed by atoms with Crippen LogP contribution in [0.5, 0.6) is 5.75 Å². The summed E-state index contributed by atoms with van der Waals surface area (Å²) in [5, 5.41) is 2.39. The van der Waals surface area contributed by atoms with Gasteiger partial charge in [-0.25, -0.2) is 0 Å².